The van der Waals surface area contributed by atoms with Gasteiger partial charge in [-0.2, -0.15) is 0 Å². The maximum atomic E-state index is 12.7. The molecule has 0 unspecified atom stereocenters. The summed E-state index contributed by atoms with van der Waals surface area (Å²) in [5.74, 6) is 1.05. The first kappa shape index (κ1) is 23.7. The molecule has 3 aromatic rings. The first-order valence-electron chi connectivity index (χ1n) is 12.3. The van der Waals surface area contributed by atoms with Crippen molar-refractivity contribution in [2.45, 2.75) is 31.3 Å². The van der Waals surface area contributed by atoms with E-state index in [0.717, 1.165) is 80.4 Å². The van der Waals surface area contributed by atoms with Gasteiger partial charge in [0.1, 0.15) is 0 Å². The summed E-state index contributed by atoms with van der Waals surface area (Å²) in [6.45, 7) is 7.33. The maximum Gasteiger partial charge on any atom is 0.234 e. The minimum Gasteiger partial charge on any atom is -0.378 e. The Morgan fingerprint density at radius 1 is 0.886 bits per heavy atom. The number of piperidine rings is 1. The number of anilines is 3. The molecule has 3 heterocycles. The van der Waals surface area contributed by atoms with Gasteiger partial charge in [-0.3, -0.25) is 9.36 Å². The Hall–Kier alpha value is -3.04. The summed E-state index contributed by atoms with van der Waals surface area (Å²) in [4.78, 5) is 17.3. The van der Waals surface area contributed by atoms with Crippen molar-refractivity contribution in [3.05, 3.63) is 54.1 Å². The van der Waals surface area contributed by atoms with Crippen LogP contribution in [0.15, 0.2) is 53.7 Å². The van der Waals surface area contributed by atoms with E-state index in [2.05, 4.69) is 61.1 Å². The minimum atomic E-state index is -0.0629. The normalized spacial score (nSPS) is 16.4. The van der Waals surface area contributed by atoms with E-state index in [1.54, 1.807) is 0 Å². The Balaban J connectivity index is 1.26. The summed E-state index contributed by atoms with van der Waals surface area (Å²) in [6, 6.07) is 16.4. The van der Waals surface area contributed by atoms with Gasteiger partial charge in [-0.15, -0.1) is 10.2 Å². The molecule has 2 saturated heterocycles. The van der Waals surface area contributed by atoms with Gasteiger partial charge in [0.25, 0.3) is 0 Å². The van der Waals surface area contributed by atoms with Gasteiger partial charge in [0.2, 0.25) is 11.9 Å². The molecule has 9 heteroatoms. The molecule has 0 aliphatic carbocycles. The number of rotatable bonds is 7. The lowest BCUT2D eigenvalue weighted by Crippen LogP contribution is -2.36. The number of amides is 1. The monoisotopic (exact) mass is 492 g/mol. The highest BCUT2D eigenvalue weighted by atomic mass is 32.2. The molecule has 2 fully saturated rings. The van der Waals surface area contributed by atoms with Gasteiger partial charge >= 0.3 is 0 Å². The smallest absolute Gasteiger partial charge is 0.234 e. The van der Waals surface area contributed by atoms with Gasteiger partial charge in [-0.25, -0.2) is 0 Å². The maximum absolute atomic E-state index is 12.7. The molecule has 8 nitrogen and oxygen atoms in total. The number of thioether (sulfide) groups is 1. The topological polar surface area (TPSA) is 75.5 Å². The first-order valence-corrected chi connectivity index (χ1v) is 13.3. The van der Waals surface area contributed by atoms with Crippen molar-refractivity contribution in [1.82, 2.24) is 14.8 Å². The summed E-state index contributed by atoms with van der Waals surface area (Å²) >= 11 is 1.41. The molecular weight excluding hydrogens is 460 g/mol. The van der Waals surface area contributed by atoms with Crippen molar-refractivity contribution in [3.63, 3.8) is 0 Å². The van der Waals surface area contributed by atoms with E-state index in [-0.39, 0.29) is 11.7 Å². The second-order valence-corrected chi connectivity index (χ2v) is 9.93. The van der Waals surface area contributed by atoms with Crippen LogP contribution in [0.4, 0.5) is 17.3 Å². The Labute approximate surface area is 210 Å². The number of benzene rings is 2. The van der Waals surface area contributed by atoms with E-state index in [9.17, 15) is 4.79 Å². The van der Waals surface area contributed by atoms with Crippen LogP contribution in [0.25, 0.3) is 5.69 Å². The van der Waals surface area contributed by atoms with Crippen LogP contribution in [0.2, 0.25) is 0 Å². The number of aromatic nitrogens is 3. The highest BCUT2D eigenvalue weighted by Gasteiger charge is 2.22. The second-order valence-electron chi connectivity index (χ2n) is 8.98. The molecule has 0 spiro atoms. The van der Waals surface area contributed by atoms with Crippen LogP contribution in [0.1, 0.15) is 24.8 Å². The van der Waals surface area contributed by atoms with E-state index in [4.69, 9.17) is 4.74 Å². The average Bonchev–Trinajstić information content (AvgIpc) is 3.33. The lowest BCUT2D eigenvalue weighted by atomic mass is 10.1. The van der Waals surface area contributed by atoms with Crippen molar-refractivity contribution < 1.29 is 9.53 Å². The van der Waals surface area contributed by atoms with Crippen LogP contribution in [0.3, 0.4) is 0 Å². The van der Waals surface area contributed by atoms with Crippen molar-refractivity contribution in [3.8, 4) is 5.69 Å². The third-order valence-corrected chi connectivity index (χ3v) is 7.34. The molecule has 1 aromatic heterocycles. The molecule has 0 atom stereocenters. The zero-order chi connectivity index (χ0) is 24.0. The first-order chi connectivity index (χ1) is 17.2. The number of carbonyl (C=O) groups is 1. The van der Waals surface area contributed by atoms with Crippen LogP contribution >= 0.6 is 11.8 Å². The lowest BCUT2D eigenvalue weighted by Gasteiger charge is -2.28. The minimum absolute atomic E-state index is 0.0629. The Morgan fingerprint density at radius 2 is 1.57 bits per heavy atom. The summed E-state index contributed by atoms with van der Waals surface area (Å²) in [6.07, 6.45) is 3.58. The molecule has 1 amide bonds. The van der Waals surface area contributed by atoms with Gasteiger partial charge < -0.3 is 19.9 Å². The number of hydrogen-bond acceptors (Lipinski definition) is 7. The quantitative estimate of drug-likeness (QED) is 0.497. The number of nitrogens with one attached hydrogen (secondary N) is 1. The molecule has 2 aliphatic heterocycles. The zero-order valence-corrected chi connectivity index (χ0v) is 21.0. The number of nitrogens with zero attached hydrogens (tertiary/aromatic N) is 5. The van der Waals surface area contributed by atoms with Crippen LogP contribution < -0.4 is 15.1 Å². The van der Waals surface area contributed by atoms with E-state index in [0.29, 0.717) is 0 Å². The summed E-state index contributed by atoms with van der Waals surface area (Å²) in [5, 5.41) is 12.7. The predicted octanol–water partition coefficient (Wildman–Crippen LogP) is 4.13. The Bertz CT molecular complexity index is 1120. The highest BCUT2D eigenvalue weighted by Crippen LogP contribution is 2.29. The average molecular weight is 493 g/mol. The number of carbonyl (C=O) groups excluding carboxylic acids is 1. The third-order valence-electron chi connectivity index (χ3n) is 6.41. The zero-order valence-electron chi connectivity index (χ0n) is 20.2. The second kappa shape index (κ2) is 11.1. The summed E-state index contributed by atoms with van der Waals surface area (Å²) in [5.41, 5.74) is 4.16. The van der Waals surface area contributed by atoms with E-state index in [1.165, 1.54) is 23.7 Å². The molecule has 1 N–H and O–H groups in total. The van der Waals surface area contributed by atoms with Crippen LogP contribution in [-0.4, -0.2) is 65.8 Å². The fourth-order valence-corrected chi connectivity index (χ4v) is 5.23. The lowest BCUT2D eigenvalue weighted by molar-refractivity contribution is -0.113. The Morgan fingerprint density at radius 3 is 2.29 bits per heavy atom. The van der Waals surface area contributed by atoms with E-state index in [1.807, 2.05) is 24.3 Å². The number of ether oxygens (including phenoxy) is 1. The van der Waals surface area contributed by atoms with Crippen molar-refractivity contribution in [2.75, 3.05) is 60.3 Å². The fourth-order valence-electron chi connectivity index (χ4n) is 4.48. The van der Waals surface area contributed by atoms with Gasteiger partial charge in [-0.1, -0.05) is 29.5 Å². The number of hydrogen-bond donors (Lipinski definition) is 1. The molecule has 0 saturated carbocycles. The van der Waals surface area contributed by atoms with Crippen LogP contribution in [0, 0.1) is 6.92 Å². The van der Waals surface area contributed by atoms with Crippen molar-refractivity contribution in [2.24, 2.45) is 0 Å². The number of aryl methyl sites for hydroxylation is 1. The van der Waals surface area contributed by atoms with Gasteiger partial charge in [-0.05, 0) is 62.6 Å². The van der Waals surface area contributed by atoms with Gasteiger partial charge in [0.05, 0.1) is 24.7 Å². The standard InChI is InChI=1S/C26H32N6O2S/c1-20-5-9-23(10-6-20)32-25(31-13-3-2-4-14-31)28-29-26(32)35-19-24(33)27-21-7-11-22(12-8-21)30-15-17-34-18-16-30/h5-12H,2-4,13-19H2,1H3,(H,27,33). The summed E-state index contributed by atoms with van der Waals surface area (Å²) < 4.78 is 7.51. The molecular formula is C26H32N6O2S. The third kappa shape index (κ3) is 5.79. The molecule has 0 bridgehead atoms. The molecule has 35 heavy (non-hydrogen) atoms. The highest BCUT2D eigenvalue weighted by molar-refractivity contribution is 7.99. The summed E-state index contributed by atoms with van der Waals surface area (Å²) in [7, 11) is 0. The molecule has 2 aromatic carbocycles. The van der Waals surface area contributed by atoms with Crippen LogP contribution in [-0.2, 0) is 9.53 Å². The molecule has 0 radical (unpaired) electrons. The van der Waals surface area contributed by atoms with Gasteiger partial charge in [0.15, 0.2) is 5.16 Å². The molecule has 2 aliphatic rings. The van der Waals surface area contributed by atoms with Gasteiger partial charge in [0, 0.05) is 37.6 Å². The fraction of sp³-hybridized carbons (Fsp3) is 0.423. The largest absolute Gasteiger partial charge is 0.378 e. The molecule has 5 rings (SSSR count). The van der Waals surface area contributed by atoms with Crippen molar-refractivity contribution >= 4 is 35.0 Å². The van der Waals surface area contributed by atoms with E-state index < -0.39 is 0 Å². The SMILES string of the molecule is Cc1ccc(-n2c(SCC(=O)Nc3ccc(N4CCOCC4)cc3)nnc2N2CCCCC2)cc1. The predicted molar refractivity (Wildman–Crippen MR) is 141 cm³/mol. The van der Waals surface area contributed by atoms with E-state index >= 15 is 0 Å². The molecule has 184 valence electrons. The van der Waals surface area contributed by atoms with Crippen molar-refractivity contribution in [1.29, 1.82) is 0 Å². The Kier molecular flexibility index (Phi) is 7.54. The number of morpholine rings is 1. The van der Waals surface area contributed by atoms with Crippen LogP contribution in [0.5, 0.6) is 0 Å².